The molecular formula is C11H16FN3O5S. The summed E-state index contributed by atoms with van der Waals surface area (Å²) in [5.74, 6) is -1.16. The van der Waals surface area contributed by atoms with Crippen LogP contribution in [-0.2, 0) is 14.8 Å². The van der Waals surface area contributed by atoms with Gasteiger partial charge >= 0.3 is 0 Å². The number of hydrogen-bond acceptors (Lipinski definition) is 6. The van der Waals surface area contributed by atoms with Gasteiger partial charge in [-0.25, -0.2) is 17.5 Å². The fraction of sp³-hybridized carbons (Fsp3) is 0.455. The minimum Gasteiger partial charge on any atom is -0.383 e. The molecular weight excluding hydrogens is 305 g/mol. The van der Waals surface area contributed by atoms with Gasteiger partial charge in [0.05, 0.1) is 11.5 Å². The molecule has 0 aliphatic rings. The Bertz CT molecular complexity index is 594. The second kappa shape index (κ2) is 7.98. The molecule has 0 unspecified atom stereocenters. The highest BCUT2D eigenvalue weighted by molar-refractivity contribution is 7.89. The summed E-state index contributed by atoms with van der Waals surface area (Å²) >= 11 is 0. The van der Waals surface area contributed by atoms with E-state index in [1.54, 1.807) is 0 Å². The van der Waals surface area contributed by atoms with E-state index in [-0.39, 0.29) is 13.1 Å². The second-order valence-corrected chi connectivity index (χ2v) is 5.69. The fourth-order valence-corrected chi connectivity index (χ4v) is 2.81. The van der Waals surface area contributed by atoms with Crippen molar-refractivity contribution < 1.29 is 22.5 Å². The van der Waals surface area contributed by atoms with Crippen LogP contribution in [-0.4, -0.2) is 46.7 Å². The van der Waals surface area contributed by atoms with Crippen LogP contribution in [0.1, 0.15) is 0 Å². The number of ether oxygens (including phenoxy) is 1. The highest BCUT2D eigenvalue weighted by atomic mass is 32.2. The van der Waals surface area contributed by atoms with Crippen LogP contribution in [0.4, 0.5) is 10.1 Å². The monoisotopic (exact) mass is 321 g/mol. The van der Waals surface area contributed by atoms with Gasteiger partial charge in [0.2, 0.25) is 10.0 Å². The SMILES string of the molecule is COCCNCCNS(=O)(=O)c1c(F)cccc1[N+](=O)[O-]. The predicted molar refractivity (Wildman–Crippen MR) is 73.0 cm³/mol. The number of halogens is 1. The van der Waals surface area contributed by atoms with Crippen LogP contribution in [0.25, 0.3) is 0 Å². The smallest absolute Gasteiger partial charge is 0.292 e. The van der Waals surface area contributed by atoms with Gasteiger partial charge in [-0.15, -0.1) is 0 Å². The Labute approximate surface area is 121 Å². The number of rotatable bonds is 9. The number of hydrogen-bond donors (Lipinski definition) is 2. The lowest BCUT2D eigenvalue weighted by Gasteiger charge is -2.08. The summed E-state index contributed by atoms with van der Waals surface area (Å²) in [6, 6.07) is 2.88. The van der Waals surface area contributed by atoms with Crippen LogP contribution >= 0.6 is 0 Å². The summed E-state index contributed by atoms with van der Waals surface area (Å²) in [7, 11) is -2.77. The summed E-state index contributed by atoms with van der Waals surface area (Å²) in [5.41, 5.74) is -0.796. The second-order valence-electron chi connectivity index (χ2n) is 3.99. The number of methoxy groups -OCH3 is 1. The van der Waals surface area contributed by atoms with E-state index >= 15 is 0 Å². The molecule has 1 rings (SSSR count). The molecule has 118 valence electrons. The van der Waals surface area contributed by atoms with Crippen LogP contribution in [0.5, 0.6) is 0 Å². The molecule has 0 bridgehead atoms. The maximum Gasteiger partial charge on any atom is 0.292 e. The van der Waals surface area contributed by atoms with Crippen LogP contribution in [0.3, 0.4) is 0 Å². The van der Waals surface area contributed by atoms with Gasteiger partial charge < -0.3 is 10.1 Å². The number of nitro groups is 1. The summed E-state index contributed by atoms with van der Waals surface area (Å²) in [4.78, 5) is 8.90. The Balaban J connectivity index is 2.77. The third-order valence-electron chi connectivity index (χ3n) is 2.49. The van der Waals surface area contributed by atoms with Crippen molar-refractivity contribution in [3.05, 3.63) is 34.1 Å². The Morgan fingerprint density at radius 1 is 1.33 bits per heavy atom. The lowest BCUT2D eigenvalue weighted by Crippen LogP contribution is -2.33. The molecule has 0 fully saturated rings. The number of sulfonamides is 1. The van der Waals surface area contributed by atoms with Crippen molar-refractivity contribution in [1.82, 2.24) is 10.0 Å². The molecule has 10 heteroatoms. The highest BCUT2D eigenvalue weighted by Gasteiger charge is 2.29. The van der Waals surface area contributed by atoms with Gasteiger partial charge in [0.1, 0.15) is 5.82 Å². The Hall–Kier alpha value is -1.62. The molecule has 0 saturated carbocycles. The first kappa shape index (κ1) is 17.4. The Morgan fingerprint density at radius 2 is 2.05 bits per heavy atom. The van der Waals surface area contributed by atoms with E-state index in [2.05, 4.69) is 10.0 Å². The lowest BCUT2D eigenvalue weighted by molar-refractivity contribution is -0.388. The molecule has 0 amide bonds. The summed E-state index contributed by atoms with van der Waals surface area (Å²) in [6.45, 7) is 1.24. The van der Waals surface area contributed by atoms with Gasteiger partial charge in [-0.3, -0.25) is 10.1 Å². The molecule has 2 N–H and O–H groups in total. The van der Waals surface area contributed by atoms with E-state index < -0.39 is 31.3 Å². The normalized spacial score (nSPS) is 11.5. The van der Waals surface area contributed by atoms with Crippen molar-refractivity contribution in [3.8, 4) is 0 Å². The first-order chi connectivity index (χ1) is 9.90. The van der Waals surface area contributed by atoms with Crippen LogP contribution in [0.15, 0.2) is 23.1 Å². The summed E-state index contributed by atoms with van der Waals surface area (Å²) in [5, 5.41) is 13.7. The molecule has 8 nitrogen and oxygen atoms in total. The number of benzene rings is 1. The van der Waals surface area contributed by atoms with E-state index in [4.69, 9.17) is 4.74 Å². The predicted octanol–water partition coefficient (Wildman–Crippen LogP) is 0.248. The zero-order chi connectivity index (χ0) is 15.9. The van der Waals surface area contributed by atoms with E-state index in [0.29, 0.717) is 13.2 Å². The summed E-state index contributed by atoms with van der Waals surface area (Å²) < 4.78 is 44.4. The molecule has 0 atom stereocenters. The van der Waals surface area contributed by atoms with Crippen molar-refractivity contribution >= 4 is 15.7 Å². The van der Waals surface area contributed by atoms with E-state index in [1.807, 2.05) is 0 Å². The molecule has 1 aromatic carbocycles. The molecule has 0 heterocycles. The lowest BCUT2D eigenvalue weighted by atomic mass is 10.3. The van der Waals surface area contributed by atoms with E-state index in [0.717, 1.165) is 18.2 Å². The molecule has 0 aliphatic carbocycles. The third kappa shape index (κ3) is 5.01. The quantitative estimate of drug-likeness (QED) is 0.383. The number of nitrogens with zero attached hydrogens (tertiary/aromatic N) is 1. The van der Waals surface area contributed by atoms with Gasteiger partial charge in [-0.2, -0.15) is 0 Å². The summed E-state index contributed by atoms with van der Waals surface area (Å²) in [6.07, 6.45) is 0. The Kier molecular flexibility index (Phi) is 6.62. The number of nitrogens with one attached hydrogen (secondary N) is 2. The standard InChI is InChI=1S/C11H16FN3O5S/c1-20-8-7-13-5-6-14-21(18,19)11-9(12)3-2-4-10(11)15(16)17/h2-4,13-14H,5-8H2,1H3. The molecule has 1 aromatic rings. The molecule has 0 radical (unpaired) electrons. The van der Waals surface area contributed by atoms with E-state index in [1.165, 1.54) is 7.11 Å². The number of nitro benzene ring substituents is 1. The van der Waals surface area contributed by atoms with Crippen molar-refractivity contribution in [2.45, 2.75) is 4.90 Å². The first-order valence-corrected chi connectivity index (χ1v) is 7.50. The zero-order valence-corrected chi connectivity index (χ0v) is 12.2. The molecule has 0 saturated heterocycles. The van der Waals surface area contributed by atoms with Gasteiger partial charge in [0.15, 0.2) is 4.90 Å². The minimum atomic E-state index is -4.30. The average Bonchev–Trinajstić information content (AvgIpc) is 2.42. The van der Waals surface area contributed by atoms with Gasteiger partial charge in [-0.05, 0) is 6.07 Å². The van der Waals surface area contributed by atoms with Crippen molar-refractivity contribution in [1.29, 1.82) is 0 Å². The van der Waals surface area contributed by atoms with Crippen molar-refractivity contribution in [3.63, 3.8) is 0 Å². The van der Waals surface area contributed by atoms with Crippen LogP contribution in [0.2, 0.25) is 0 Å². The van der Waals surface area contributed by atoms with Gasteiger partial charge in [0.25, 0.3) is 5.69 Å². The zero-order valence-electron chi connectivity index (χ0n) is 11.3. The highest BCUT2D eigenvalue weighted by Crippen LogP contribution is 2.25. The maximum atomic E-state index is 13.6. The Morgan fingerprint density at radius 3 is 2.67 bits per heavy atom. The molecule has 0 spiro atoms. The topological polar surface area (TPSA) is 111 Å². The van der Waals surface area contributed by atoms with E-state index in [9.17, 15) is 22.9 Å². The first-order valence-electron chi connectivity index (χ1n) is 6.02. The van der Waals surface area contributed by atoms with Crippen molar-refractivity contribution in [2.75, 3.05) is 33.4 Å². The molecule has 21 heavy (non-hydrogen) atoms. The molecule has 0 aliphatic heterocycles. The fourth-order valence-electron chi connectivity index (χ4n) is 1.55. The molecule has 0 aromatic heterocycles. The van der Waals surface area contributed by atoms with Gasteiger partial charge in [0, 0.05) is 32.8 Å². The third-order valence-corrected chi connectivity index (χ3v) is 4.01. The largest absolute Gasteiger partial charge is 0.383 e. The minimum absolute atomic E-state index is 0.0302. The van der Waals surface area contributed by atoms with Crippen LogP contribution in [0, 0.1) is 15.9 Å². The maximum absolute atomic E-state index is 13.6. The van der Waals surface area contributed by atoms with Crippen LogP contribution < -0.4 is 10.0 Å². The average molecular weight is 321 g/mol. The van der Waals surface area contributed by atoms with Gasteiger partial charge in [-0.1, -0.05) is 6.07 Å². The van der Waals surface area contributed by atoms with Crippen molar-refractivity contribution in [2.24, 2.45) is 0 Å².